The summed E-state index contributed by atoms with van der Waals surface area (Å²) < 4.78 is 25.8. The van der Waals surface area contributed by atoms with Crippen molar-refractivity contribution in [3.63, 3.8) is 0 Å². The number of nitrogens with zero attached hydrogens (tertiary/aromatic N) is 2. The summed E-state index contributed by atoms with van der Waals surface area (Å²) in [7, 11) is 1.59. The van der Waals surface area contributed by atoms with Gasteiger partial charge >= 0.3 is 5.97 Å². The Morgan fingerprint density at radius 1 is 1.35 bits per heavy atom. The lowest BCUT2D eigenvalue weighted by molar-refractivity contribution is -0.139. The molecule has 2 aromatic heterocycles. The molecule has 1 aliphatic rings. The number of rotatable bonds is 11. The Hall–Kier alpha value is -2.58. The topological polar surface area (TPSA) is 75.8 Å². The molecule has 3 aromatic rings. The fourth-order valence-electron chi connectivity index (χ4n) is 4.88. The summed E-state index contributed by atoms with van der Waals surface area (Å²) in [5.74, 6) is 1.05. The van der Waals surface area contributed by atoms with Gasteiger partial charge in [0.05, 0.1) is 18.9 Å². The monoisotopic (exact) mass is 486 g/mol. The first-order chi connectivity index (χ1) is 16.5. The van der Waals surface area contributed by atoms with Crippen LogP contribution in [0.1, 0.15) is 37.4 Å². The number of hydrogen-bond donors (Lipinski definition) is 1. The van der Waals surface area contributed by atoms with E-state index in [1.165, 1.54) is 0 Å². The highest BCUT2D eigenvalue weighted by Crippen LogP contribution is 2.36. The van der Waals surface area contributed by atoms with Gasteiger partial charge in [-0.25, -0.2) is 4.39 Å². The second-order valence-corrected chi connectivity index (χ2v) is 10.0. The quantitative estimate of drug-likeness (QED) is 0.342. The number of piperidine rings is 1. The predicted molar refractivity (Wildman–Crippen MR) is 131 cm³/mol. The zero-order valence-electron chi connectivity index (χ0n) is 19.4. The SMILES string of the molecule is COc1ccc2nccc([C@@H](F)CC[C@@H]3CCN(CCSc4ccoc4)C[C@@H]3CC(=O)O)c2c1. The number of hydrogen-bond acceptors (Lipinski definition) is 6. The van der Waals surface area contributed by atoms with Crippen LogP contribution in [0, 0.1) is 11.8 Å². The number of methoxy groups -OCH3 is 1. The number of aliphatic carboxylic acids is 1. The molecule has 8 heteroatoms. The summed E-state index contributed by atoms with van der Waals surface area (Å²) in [5.41, 5.74) is 1.36. The number of alkyl halides is 1. The zero-order valence-corrected chi connectivity index (χ0v) is 20.2. The third-order valence-electron chi connectivity index (χ3n) is 6.69. The summed E-state index contributed by atoms with van der Waals surface area (Å²) in [6.45, 7) is 2.56. The van der Waals surface area contributed by atoms with Gasteiger partial charge < -0.3 is 19.2 Å². The van der Waals surface area contributed by atoms with E-state index >= 15 is 4.39 Å². The first kappa shape index (κ1) is 24.5. The molecular weight excluding hydrogens is 455 g/mol. The van der Waals surface area contributed by atoms with Gasteiger partial charge in [-0.2, -0.15) is 0 Å². The molecule has 3 atom stereocenters. The molecule has 0 saturated carbocycles. The maximum Gasteiger partial charge on any atom is 0.303 e. The molecule has 3 heterocycles. The molecule has 182 valence electrons. The lowest BCUT2D eigenvalue weighted by Crippen LogP contribution is -2.42. The summed E-state index contributed by atoms with van der Waals surface area (Å²) in [6.07, 6.45) is 5.98. The number of halogens is 1. The van der Waals surface area contributed by atoms with Gasteiger partial charge in [0, 0.05) is 41.7 Å². The molecule has 1 N–H and O–H groups in total. The molecule has 1 aliphatic heterocycles. The molecule has 0 amide bonds. The van der Waals surface area contributed by atoms with Gasteiger partial charge in [-0.3, -0.25) is 9.78 Å². The van der Waals surface area contributed by atoms with Crippen molar-refractivity contribution in [2.75, 3.05) is 32.5 Å². The molecule has 6 nitrogen and oxygen atoms in total. The van der Waals surface area contributed by atoms with E-state index in [9.17, 15) is 9.90 Å². The number of ether oxygens (including phenoxy) is 1. The Kier molecular flexibility index (Phi) is 8.45. The molecular formula is C26H31FN2O4S. The summed E-state index contributed by atoms with van der Waals surface area (Å²) in [6, 6.07) is 9.18. The van der Waals surface area contributed by atoms with E-state index in [1.807, 2.05) is 24.3 Å². The molecule has 1 saturated heterocycles. The number of carboxylic acids is 1. The van der Waals surface area contributed by atoms with Crippen molar-refractivity contribution in [3.8, 4) is 5.75 Å². The van der Waals surface area contributed by atoms with Gasteiger partial charge in [0.1, 0.15) is 18.2 Å². The van der Waals surface area contributed by atoms with Crippen LogP contribution in [0.25, 0.3) is 10.9 Å². The number of fused-ring (bicyclic) bond motifs is 1. The Morgan fingerprint density at radius 3 is 3.00 bits per heavy atom. The predicted octanol–water partition coefficient (Wildman–Crippen LogP) is 5.83. The molecule has 0 spiro atoms. The van der Waals surface area contributed by atoms with Gasteiger partial charge in [0.25, 0.3) is 0 Å². The van der Waals surface area contributed by atoms with Crippen LogP contribution in [0.15, 0.2) is 58.4 Å². The van der Waals surface area contributed by atoms with Crippen molar-refractivity contribution in [1.82, 2.24) is 9.88 Å². The van der Waals surface area contributed by atoms with Crippen molar-refractivity contribution < 1.29 is 23.4 Å². The number of likely N-dealkylation sites (tertiary alicyclic amines) is 1. The number of benzene rings is 1. The summed E-state index contributed by atoms with van der Waals surface area (Å²) in [4.78, 5) is 19.3. The molecule has 0 unspecified atom stereocenters. The van der Waals surface area contributed by atoms with E-state index in [0.717, 1.165) is 47.6 Å². The van der Waals surface area contributed by atoms with Crippen molar-refractivity contribution in [2.24, 2.45) is 11.8 Å². The number of carbonyl (C=O) groups is 1. The van der Waals surface area contributed by atoms with Gasteiger partial charge in [-0.05, 0) is 73.5 Å². The minimum Gasteiger partial charge on any atom is -0.497 e. The van der Waals surface area contributed by atoms with Crippen LogP contribution in [0.4, 0.5) is 4.39 Å². The minimum absolute atomic E-state index is 0.0339. The van der Waals surface area contributed by atoms with Gasteiger partial charge in [-0.15, -0.1) is 11.8 Å². The third kappa shape index (κ3) is 6.30. The average molecular weight is 487 g/mol. The largest absolute Gasteiger partial charge is 0.497 e. The maximum atomic E-state index is 15.4. The highest BCUT2D eigenvalue weighted by Gasteiger charge is 2.31. The van der Waals surface area contributed by atoms with Crippen molar-refractivity contribution in [2.45, 2.75) is 36.8 Å². The number of furan rings is 1. The lowest BCUT2D eigenvalue weighted by atomic mass is 9.79. The average Bonchev–Trinajstić information content (AvgIpc) is 3.36. The number of pyridine rings is 1. The van der Waals surface area contributed by atoms with Crippen molar-refractivity contribution in [1.29, 1.82) is 0 Å². The number of aromatic nitrogens is 1. The molecule has 1 aromatic carbocycles. The second kappa shape index (κ2) is 11.7. The Labute approximate surface area is 203 Å². The minimum atomic E-state index is -1.13. The van der Waals surface area contributed by atoms with Crippen LogP contribution < -0.4 is 4.74 Å². The smallest absolute Gasteiger partial charge is 0.303 e. The number of thioether (sulfide) groups is 1. The van der Waals surface area contributed by atoms with E-state index in [1.54, 1.807) is 43.7 Å². The lowest BCUT2D eigenvalue weighted by Gasteiger charge is -2.38. The Bertz CT molecular complexity index is 1080. The summed E-state index contributed by atoms with van der Waals surface area (Å²) in [5, 5.41) is 10.2. The molecule has 0 aliphatic carbocycles. The van der Waals surface area contributed by atoms with E-state index in [0.29, 0.717) is 24.2 Å². The van der Waals surface area contributed by atoms with Crippen molar-refractivity contribution >= 4 is 28.6 Å². The van der Waals surface area contributed by atoms with Crippen LogP contribution in [0.3, 0.4) is 0 Å². The first-order valence-electron chi connectivity index (χ1n) is 11.7. The van der Waals surface area contributed by atoms with Crippen molar-refractivity contribution in [3.05, 3.63) is 54.6 Å². The fourth-order valence-corrected chi connectivity index (χ4v) is 5.74. The van der Waals surface area contributed by atoms with E-state index in [-0.39, 0.29) is 18.3 Å². The zero-order chi connectivity index (χ0) is 23.9. The van der Waals surface area contributed by atoms with E-state index in [2.05, 4.69) is 9.88 Å². The fraction of sp³-hybridized carbons (Fsp3) is 0.462. The molecule has 0 bridgehead atoms. The standard InChI is InChI=1S/C26H31FN2O4S/c1-32-20-3-5-25-23(15-20)22(6-9-28-25)24(27)4-2-18-7-10-29(16-19(18)14-26(30)31)11-13-34-21-8-12-33-17-21/h3,5-6,8-9,12,15,17-19,24H,2,4,7,10-11,13-14,16H2,1H3,(H,30,31)/t18-,19+,24+/m1/s1. The highest BCUT2D eigenvalue weighted by atomic mass is 32.2. The second-order valence-electron chi connectivity index (χ2n) is 8.84. The van der Waals surface area contributed by atoms with Crippen LogP contribution in [0.2, 0.25) is 0 Å². The maximum absolute atomic E-state index is 15.4. The van der Waals surface area contributed by atoms with Crippen LogP contribution in [-0.4, -0.2) is 53.5 Å². The van der Waals surface area contributed by atoms with Gasteiger partial charge in [0.2, 0.25) is 0 Å². The van der Waals surface area contributed by atoms with E-state index in [4.69, 9.17) is 9.15 Å². The summed E-state index contributed by atoms with van der Waals surface area (Å²) >= 11 is 1.74. The first-order valence-corrected chi connectivity index (χ1v) is 12.7. The normalized spacial score (nSPS) is 19.8. The molecule has 4 rings (SSSR count). The van der Waals surface area contributed by atoms with Crippen LogP contribution in [-0.2, 0) is 4.79 Å². The van der Waals surface area contributed by atoms with E-state index < -0.39 is 12.1 Å². The third-order valence-corrected chi connectivity index (χ3v) is 7.65. The highest BCUT2D eigenvalue weighted by molar-refractivity contribution is 7.99. The van der Waals surface area contributed by atoms with Gasteiger partial charge in [-0.1, -0.05) is 0 Å². The van der Waals surface area contributed by atoms with Crippen LogP contribution >= 0.6 is 11.8 Å². The number of carboxylic acid groups (broad SMARTS) is 1. The Morgan fingerprint density at radius 2 is 2.24 bits per heavy atom. The molecule has 34 heavy (non-hydrogen) atoms. The molecule has 0 radical (unpaired) electrons. The van der Waals surface area contributed by atoms with Crippen LogP contribution in [0.5, 0.6) is 5.75 Å². The molecule has 1 fully saturated rings. The van der Waals surface area contributed by atoms with Gasteiger partial charge in [0.15, 0.2) is 0 Å². The Balaban J connectivity index is 1.35.